The number of nitrogens with one attached hydrogen (secondary N) is 3. The summed E-state index contributed by atoms with van der Waals surface area (Å²) in [6.45, 7) is 4.00. The monoisotopic (exact) mass is 345 g/mol. The summed E-state index contributed by atoms with van der Waals surface area (Å²) in [4.78, 5) is 12.5. The Bertz CT molecular complexity index is 779. The molecular weight excluding hydrogens is 326 g/mol. The van der Waals surface area contributed by atoms with Crippen LogP contribution < -0.4 is 16.2 Å². The van der Waals surface area contributed by atoms with Gasteiger partial charge in [0, 0.05) is 16.3 Å². The van der Waals surface area contributed by atoms with E-state index in [1.165, 1.54) is 0 Å². The summed E-state index contributed by atoms with van der Waals surface area (Å²) in [6, 6.07) is 10.1. The van der Waals surface area contributed by atoms with E-state index in [1.54, 1.807) is 18.2 Å². The molecule has 1 aliphatic rings. The molecule has 2 aromatic rings. The van der Waals surface area contributed by atoms with Gasteiger partial charge >= 0.3 is 0 Å². The van der Waals surface area contributed by atoms with Crippen molar-refractivity contribution in [1.82, 2.24) is 10.9 Å². The minimum absolute atomic E-state index is 0.111. The van der Waals surface area contributed by atoms with Gasteiger partial charge in [0.1, 0.15) is 11.8 Å². The number of phenolic OH excluding ortho intramolecular Hbond substituents is 1. The summed E-state index contributed by atoms with van der Waals surface area (Å²) in [6.07, 6.45) is 0.518. The number of anilines is 1. The van der Waals surface area contributed by atoms with Crippen molar-refractivity contribution in [1.29, 1.82) is 0 Å². The van der Waals surface area contributed by atoms with Crippen molar-refractivity contribution in [2.45, 2.75) is 32.4 Å². The molecular formula is C18H20ClN3O2. The van der Waals surface area contributed by atoms with Gasteiger partial charge in [0.2, 0.25) is 5.91 Å². The smallest absolute Gasteiger partial charge is 0.242 e. The van der Waals surface area contributed by atoms with E-state index >= 15 is 0 Å². The number of hydrogen-bond donors (Lipinski definition) is 4. The molecule has 2 aromatic carbocycles. The molecule has 0 aromatic heterocycles. The van der Waals surface area contributed by atoms with Crippen molar-refractivity contribution in [3.8, 4) is 5.75 Å². The highest BCUT2D eigenvalue weighted by Gasteiger charge is 2.31. The summed E-state index contributed by atoms with van der Waals surface area (Å²) in [5.74, 6) is 0.0505. The highest BCUT2D eigenvalue weighted by atomic mass is 35.5. The molecule has 5 nitrogen and oxygen atoms in total. The standard InChI is InChI=1S/C18H20ClN3O2/c1-10-4-3-5-14(11(10)2)20-18(24)16-9-15(21-22-16)13-8-12(19)6-7-17(13)23/h3-8,15-16,21-23H,9H2,1-2H3,(H,20,24). The van der Waals surface area contributed by atoms with E-state index in [1.807, 2.05) is 32.0 Å². The summed E-state index contributed by atoms with van der Waals surface area (Å²) >= 11 is 6.00. The summed E-state index contributed by atoms with van der Waals surface area (Å²) in [7, 11) is 0. The van der Waals surface area contributed by atoms with Crippen LogP contribution >= 0.6 is 11.6 Å². The van der Waals surface area contributed by atoms with Crippen LogP contribution in [0.2, 0.25) is 5.02 Å². The number of carbonyl (C=O) groups is 1. The number of aromatic hydroxyl groups is 1. The number of hydrogen-bond acceptors (Lipinski definition) is 4. The van der Waals surface area contributed by atoms with Gasteiger partial charge < -0.3 is 10.4 Å². The Morgan fingerprint density at radius 2 is 2.04 bits per heavy atom. The topological polar surface area (TPSA) is 73.4 Å². The summed E-state index contributed by atoms with van der Waals surface area (Å²) < 4.78 is 0. The molecule has 2 unspecified atom stereocenters. The van der Waals surface area contributed by atoms with Crippen LogP contribution in [0.3, 0.4) is 0 Å². The van der Waals surface area contributed by atoms with Gasteiger partial charge in [-0.15, -0.1) is 0 Å². The Labute approximate surface area is 146 Å². The normalized spacial score (nSPS) is 20.1. The van der Waals surface area contributed by atoms with Crippen LogP contribution in [-0.4, -0.2) is 17.1 Å². The van der Waals surface area contributed by atoms with Gasteiger partial charge in [-0.1, -0.05) is 23.7 Å². The third-order valence-electron chi connectivity index (χ3n) is 4.45. The third kappa shape index (κ3) is 3.38. The number of amides is 1. The number of phenols is 1. The number of rotatable bonds is 3. The van der Waals surface area contributed by atoms with Crippen LogP contribution in [0.15, 0.2) is 36.4 Å². The Morgan fingerprint density at radius 3 is 2.83 bits per heavy atom. The largest absolute Gasteiger partial charge is 0.508 e. The Kier molecular flexibility index (Phi) is 4.76. The van der Waals surface area contributed by atoms with E-state index < -0.39 is 6.04 Å². The van der Waals surface area contributed by atoms with Crippen molar-refractivity contribution in [2.75, 3.05) is 5.32 Å². The Morgan fingerprint density at radius 1 is 1.25 bits per heavy atom. The molecule has 0 radical (unpaired) electrons. The first-order valence-electron chi connectivity index (χ1n) is 7.82. The lowest BCUT2D eigenvalue weighted by molar-refractivity contribution is -0.117. The molecule has 0 spiro atoms. The SMILES string of the molecule is Cc1cccc(NC(=O)C2CC(c3cc(Cl)ccc3O)NN2)c1C. The summed E-state index contributed by atoms with van der Waals surface area (Å²) in [5.41, 5.74) is 9.73. The van der Waals surface area contributed by atoms with Gasteiger partial charge in [0.15, 0.2) is 0 Å². The van der Waals surface area contributed by atoms with Gasteiger partial charge in [0.25, 0.3) is 0 Å². The van der Waals surface area contributed by atoms with E-state index in [9.17, 15) is 9.90 Å². The first kappa shape index (κ1) is 16.8. The Hall–Kier alpha value is -2.08. The molecule has 1 amide bonds. The second kappa shape index (κ2) is 6.81. The van der Waals surface area contributed by atoms with Crippen LogP contribution in [-0.2, 0) is 4.79 Å². The zero-order valence-electron chi connectivity index (χ0n) is 13.6. The third-order valence-corrected chi connectivity index (χ3v) is 4.68. The molecule has 0 saturated carbocycles. The predicted molar refractivity (Wildman–Crippen MR) is 95.1 cm³/mol. The molecule has 2 atom stereocenters. The highest BCUT2D eigenvalue weighted by molar-refractivity contribution is 6.30. The average molecular weight is 346 g/mol. The van der Waals surface area contributed by atoms with Crippen LogP contribution in [0.25, 0.3) is 0 Å². The second-order valence-corrected chi connectivity index (χ2v) is 6.51. The van der Waals surface area contributed by atoms with Crippen LogP contribution in [0.4, 0.5) is 5.69 Å². The molecule has 1 heterocycles. The van der Waals surface area contributed by atoms with Gasteiger partial charge in [-0.25, -0.2) is 10.9 Å². The lowest BCUT2D eigenvalue weighted by atomic mass is 10.0. The zero-order valence-corrected chi connectivity index (χ0v) is 14.3. The van der Waals surface area contributed by atoms with E-state index in [2.05, 4.69) is 16.2 Å². The number of halogens is 1. The van der Waals surface area contributed by atoms with Gasteiger partial charge in [-0.3, -0.25) is 4.79 Å². The molecule has 1 fully saturated rings. The van der Waals surface area contributed by atoms with E-state index in [0.29, 0.717) is 17.0 Å². The maximum Gasteiger partial charge on any atom is 0.242 e. The van der Waals surface area contributed by atoms with Crippen molar-refractivity contribution in [3.63, 3.8) is 0 Å². The fourth-order valence-electron chi connectivity index (χ4n) is 2.84. The predicted octanol–water partition coefficient (Wildman–Crippen LogP) is 3.21. The van der Waals surface area contributed by atoms with Crippen molar-refractivity contribution in [2.24, 2.45) is 0 Å². The zero-order chi connectivity index (χ0) is 17.3. The number of benzene rings is 2. The second-order valence-electron chi connectivity index (χ2n) is 6.07. The molecule has 0 aliphatic carbocycles. The molecule has 6 heteroatoms. The quantitative estimate of drug-likeness (QED) is 0.689. The van der Waals surface area contributed by atoms with Crippen LogP contribution in [0.5, 0.6) is 5.75 Å². The number of hydrazine groups is 1. The lowest BCUT2D eigenvalue weighted by Crippen LogP contribution is -2.39. The van der Waals surface area contributed by atoms with E-state index in [4.69, 9.17) is 11.6 Å². The fourth-order valence-corrected chi connectivity index (χ4v) is 3.02. The average Bonchev–Trinajstić information content (AvgIpc) is 3.04. The molecule has 3 rings (SSSR count). The highest BCUT2D eigenvalue weighted by Crippen LogP contribution is 2.32. The molecule has 24 heavy (non-hydrogen) atoms. The van der Waals surface area contributed by atoms with Gasteiger partial charge in [-0.2, -0.15) is 0 Å². The van der Waals surface area contributed by atoms with E-state index in [-0.39, 0.29) is 17.7 Å². The number of aryl methyl sites for hydroxylation is 1. The number of carbonyl (C=O) groups excluding carboxylic acids is 1. The minimum Gasteiger partial charge on any atom is -0.508 e. The molecule has 126 valence electrons. The maximum atomic E-state index is 12.5. The van der Waals surface area contributed by atoms with Crippen molar-refractivity contribution in [3.05, 3.63) is 58.1 Å². The first-order valence-corrected chi connectivity index (χ1v) is 8.20. The molecule has 0 bridgehead atoms. The minimum atomic E-state index is -0.395. The fraction of sp³-hybridized carbons (Fsp3) is 0.278. The molecule has 1 saturated heterocycles. The van der Waals surface area contributed by atoms with Gasteiger partial charge in [-0.05, 0) is 55.7 Å². The maximum absolute atomic E-state index is 12.5. The van der Waals surface area contributed by atoms with Crippen molar-refractivity contribution < 1.29 is 9.90 Å². The lowest BCUT2D eigenvalue weighted by Gasteiger charge is -2.14. The van der Waals surface area contributed by atoms with Crippen LogP contribution in [0, 0.1) is 13.8 Å². The summed E-state index contributed by atoms with van der Waals surface area (Å²) in [5, 5.41) is 13.5. The van der Waals surface area contributed by atoms with Crippen molar-refractivity contribution >= 4 is 23.2 Å². The first-order chi connectivity index (χ1) is 11.5. The molecule has 4 N–H and O–H groups in total. The molecule has 1 aliphatic heterocycles. The van der Waals surface area contributed by atoms with E-state index in [0.717, 1.165) is 16.8 Å². The Balaban J connectivity index is 1.70. The van der Waals surface area contributed by atoms with Crippen LogP contribution in [0.1, 0.15) is 29.2 Å². The van der Waals surface area contributed by atoms with Gasteiger partial charge in [0.05, 0.1) is 6.04 Å².